The van der Waals surface area contributed by atoms with Crippen molar-refractivity contribution < 1.29 is 18.7 Å². The van der Waals surface area contributed by atoms with E-state index < -0.39 is 36.3 Å². The van der Waals surface area contributed by atoms with Gasteiger partial charge in [0, 0.05) is 50.1 Å². The van der Waals surface area contributed by atoms with Crippen molar-refractivity contribution in [2.75, 3.05) is 23.3 Å². The molecular weight excluding hydrogens is 448 g/mol. The minimum Gasteiger partial charge on any atom is -0.476 e. The number of aromatic nitrogens is 4. The van der Waals surface area contributed by atoms with Gasteiger partial charge in [-0.3, -0.25) is 9.20 Å². The molecule has 0 bridgehead atoms. The number of piperidine rings is 1. The van der Waals surface area contributed by atoms with Crippen molar-refractivity contribution in [3.8, 4) is 6.07 Å². The lowest BCUT2D eigenvalue weighted by Gasteiger charge is -2.33. The van der Waals surface area contributed by atoms with Crippen molar-refractivity contribution >= 4 is 23.3 Å². The molecule has 2 N–H and O–H groups in total. The van der Waals surface area contributed by atoms with Gasteiger partial charge in [0.2, 0.25) is 0 Å². The summed E-state index contributed by atoms with van der Waals surface area (Å²) in [5.41, 5.74) is 0.365. The second-order valence-corrected chi connectivity index (χ2v) is 8.16. The number of aromatic carboxylic acids is 1. The summed E-state index contributed by atoms with van der Waals surface area (Å²) in [4.78, 5) is 38.7. The molecule has 10 nitrogen and oxygen atoms in total. The van der Waals surface area contributed by atoms with Gasteiger partial charge < -0.3 is 15.3 Å². The topological polar surface area (TPSA) is 137 Å². The molecule has 1 fully saturated rings. The Balaban J connectivity index is 1.83. The molecule has 1 aliphatic rings. The number of hydrogen-bond acceptors (Lipinski definition) is 8. The summed E-state index contributed by atoms with van der Waals surface area (Å²) < 4.78 is 28.6. The van der Waals surface area contributed by atoms with Gasteiger partial charge in [-0.2, -0.15) is 5.26 Å². The number of hydrogen-bond donors (Lipinski definition) is 2. The Kier molecular flexibility index (Phi) is 5.87. The van der Waals surface area contributed by atoms with Crippen LogP contribution in [-0.2, 0) is 0 Å². The summed E-state index contributed by atoms with van der Waals surface area (Å²) in [6, 6.07) is 3.09. The highest BCUT2D eigenvalue weighted by Crippen LogP contribution is 2.31. The standard InChI is InChI=1S/C22H21F2N7O3/c1-12-9-14(13(2)28-17-16(21(33)34)26-5-6-27-17)19-29-18(15(10-25)20(32)31(19)11-12)30-7-3-22(23,24)4-8-30/h5-6,9,11,13H,3-4,7-8H2,1-2H3,(H,27,28)(H,33,34). The van der Waals surface area contributed by atoms with Gasteiger partial charge >= 0.3 is 5.97 Å². The van der Waals surface area contributed by atoms with E-state index in [1.54, 1.807) is 26.1 Å². The molecule has 0 amide bonds. The smallest absolute Gasteiger partial charge is 0.358 e. The molecule has 0 saturated carbocycles. The first-order valence-corrected chi connectivity index (χ1v) is 10.5. The average molecular weight is 469 g/mol. The molecule has 0 aromatic carbocycles. The van der Waals surface area contributed by atoms with Gasteiger partial charge in [-0.25, -0.2) is 28.5 Å². The number of rotatable bonds is 5. The second-order valence-electron chi connectivity index (χ2n) is 8.16. The summed E-state index contributed by atoms with van der Waals surface area (Å²) in [5, 5.41) is 22.0. The maximum atomic E-state index is 13.7. The largest absolute Gasteiger partial charge is 0.476 e. The maximum Gasteiger partial charge on any atom is 0.358 e. The van der Waals surface area contributed by atoms with Crippen LogP contribution in [0, 0.1) is 18.3 Å². The number of pyridine rings is 1. The molecule has 12 heteroatoms. The Hall–Kier alpha value is -4.14. The van der Waals surface area contributed by atoms with Crippen molar-refractivity contribution in [2.24, 2.45) is 0 Å². The van der Waals surface area contributed by atoms with E-state index in [1.165, 1.54) is 21.7 Å². The van der Waals surface area contributed by atoms with E-state index in [9.17, 15) is 28.7 Å². The molecule has 4 heterocycles. The van der Waals surface area contributed by atoms with E-state index in [0.717, 1.165) is 0 Å². The number of alkyl halides is 2. The number of anilines is 2. The summed E-state index contributed by atoms with van der Waals surface area (Å²) in [5.74, 6) is -3.95. The molecule has 3 aromatic rings. The zero-order chi connectivity index (χ0) is 24.6. The van der Waals surface area contributed by atoms with Crippen LogP contribution in [0.15, 0.2) is 29.5 Å². The number of aryl methyl sites for hydroxylation is 1. The molecular formula is C22H21F2N7O3. The third-order valence-corrected chi connectivity index (χ3v) is 5.70. The predicted molar refractivity (Wildman–Crippen MR) is 118 cm³/mol. The fraction of sp³-hybridized carbons (Fsp3) is 0.364. The Morgan fingerprint density at radius 1 is 1.29 bits per heavy atom. The Morgan fingerprint density at radius 3 is 2.62 bits per heavy atom. The van der Waals surface area contributed by atoms with E-state index in [2.05, 4.69) is 20.3 Å². The number of carboxylic acid groups (broad SMARTS) is 1. The van der Waals surface area contributed by atoms with Gasteiger partial charge in [-0.1, -0.05) is 0 Å². The van der Waals surface area contributed by atoms with Crippen LogP contribution in [0.5, 0.6) is 0 Å². The Morgan fingerprint density at radius 2 is 1.97 bits per heavy atom. The molecule has 3 aromatic heterocycles. The molecule has 0 spiro atoms. The zero-order valence-electron chi connectivity index (χ0n) is 18.4. The van der Waals surface area contributed by atoms with E-state index in [1.807, 2.05) is 6.07 Å². The van der Waals surface area contributed by atoms with Gasteiger partial charge in [0.25, 0.3) is 11.5 Å². The monoisotopic (exact) mass is 469 g/mol. The SMILES string of the molecule is Cc1cc(C(C)Nc2nccnc2C(=O)O)c2nc(N3CCC(F)(F)CC3)c(C#N)c(=O)n2c1. The van der Waals surface area contributed by atoms with Crippen LogP contribution in [0.25, 0.3) is 5.65 Å². The number of carboxylic acids is 1. The normalized spacial score (nSPS) is 16.1. The molecule has 34 heavy (non-hydrogen) atoms. The minimum absolute atomic E-state index is 0.0385. The summed E-state index contributed by atoms with van der Waals surface area (Å²) in [6.07, 6.45) is 3.35. The zero-order valence-corrected chi connectivity index (χ0v) is 18.4. The van der Waals surface area contributed by atoms with Crippen molar-refractivity contribution in [3.05, 3.63) is 57.4 Å². The first-order valence-electron chi connectivity index (χ1n) is 10.5. The summed E-state index contributed by atoms with van der Waals surface area (Å²) in [7, 11) is 0. The van der Waals surface area contributed by atoms with Gasteiger partial charge in [-0.05, 0) is 25.5 Å². The lowest BCUT2D eigenvalue weighted by Crippen LogP contribution is -2.41. The highest BCUT2D eigenvalue weighted by Gasteiger charge is 2.35. The van der Waals surface area contributed by atoms with Crippen LogP contribution in [0.1, 0.15) is 53.0 Å². The van der Waals surface area contributed by atoms with E-state index >= 15 is 0 Å². The summed E-state index contributed by atoms with van der Waals surface area (Å²) in [6.45, 7) is 3.42. The predicted octanol–water partition coefficient (Wildman–Crippen LogP) is 2.77. The van der Waals surface area contributed by atoms with Crippen LogP contribution >= 0.6 is 0 Å². The third kappa shape index (κ3) is 4.24. The maximum absolute atomic E-state index is 13.7. The number of nitrogens with one attached hydrogen (secondary N) is 1. The van der Waals surface area contributed by atoms with Crippen LogP contribution in [0.3, 0.4) is 0 Å². The van der Waals surface area contributed by atoms with Crippen molar-refractivity contribution in [1.82, 2.24) is 19.4 Å². The highest BCUT2D eigenvalue weighted by atomic mass is 19.3. The third-order valence-electron chi connectivity index (χ3n) is 5.70. The minimum atomic E-state index is -2.80. The van der Waals surface area contributed by atoms with E-state index in [-0.39, 0.29) is 41.6 Å². The van der Waals surface area contributed by atoms with Gasteiger partial charge in [0.1, 0.15) is 11.7 Å². The highest BCUT2D eigenvalue weighted by molar-refractivity contribution is 5.90. The molecule has 176 valence electrons. The molecule has 1 saturated heterocycles. The molecule has 1 aliphatic heterocycles. The number of nitriles is 1. The van der Waals surface area contributed by atoms with Crippen molar-refractivity contribution in [1.29, 1.82) is 5.26 Å². The Labute approximate surface area is 192 Å². The molecule has 1 unspecified atom stereocenters. The summed E-state index contributed by atoms with van der Waals surface area (Å²) >= 11 is 0. The van der Waals surface area contributed by atoms with Crippen LogP contribution in [-0.4, -0.2) is 49.4 Å². The first kappa shape index (κ1) is 23.0. The molecule has 0 radical (unpaired) electrons. The van der Waals surface area contributed by atoms with Crippen molar-refractivity contribution in [3.63, 3.8) is 0 Å². The lowest BCUT2D eigenvalue weighted by molar-refractivity contribution is -0.0221. The van der Waals surface area contributed by atoms with E-state index in [4.69, 9.17) is 0 Å². The number of halogens is 2. The second kappa shape index (κ2) is 8.66. The quantitative estimate of drug-likeness (QED) is 0.578. The number of nitrogens with zero attached hydrogens (tertiary/aromatic N) is 6. The fourth-order valence-electron chi connectivity index (χ4n) is 3.97. The first-order chi connectivity index (χ1) is 16.1. The number of carbonyl (C=O) groups is 1. The van der Waals surface area contributed by atoms with Gasteiger partial charge in [-0.15, -0.1) is 0 Å². The van der Waals surface area contributed by atoms with Crippen LogP contribution in [0.2, 0.25) is 0 Å². The molecule has 1 atom stereocenters. The number of fused-ring (bicyclic) bond motifs is 1. The van der Waals surface area contributed by atoms with Gasteiger partial charge in [0.05, 0.1) is 6.04 Å². The van der Waals surface area contributed by atoms with Crippen LogP contribution < -0.4 is 15.8 Å². The van der Waals surface area contributed by atoms with Crippen LogP contribution in [0.4, 0.5) is 20.4 Å². The fourth-order valence-corrected chi connectivity index (χ4v) is 3.97. The average Bonchev–Trinajstić information content (AvgIpc) is 2.79. The lowest BCUT2D eigenvalue weighted by atomic mass is 10.1. The van der Waals surface area contributed by atoms with Crippen molar-refractivity contribution in [2.45, 2.75) is 38.7 Å². The Bertz CT molecular complexity index is 1370. The van der Waals surface area contributed by atoms with Gasteiger partial charge in [0.15, 0.2) is 22.9 Å². The molecule has 4 rings (SSSR count). The van der Waals surface area contributed by atoms with E-state index in [0.29, 0.717) is 11.1 Å². The molecule has 0 aliphatic carbocycles.